The zero-order valence-corrected chi connectivity index (χ0v) is 7.85. The molecule has 0 amide bonds. The van der Waals surface area contributed by atoms with Crippen molar-refractivity contribution in [3.8, 4) is 0 Å². The molecular weight excluding hydrogens is 186 g/mol. The van der Waals surface area contributed by atoms with Crippen LogP contribution in [0.4, 0.5) is 0 Å². The van der Waals surface area contributed by atoms with E-state index in [0.717, 1.165) is 10.9 Å². The van der Waals surface area contributed by atoms with E-state index in [9.17, 15) is 4.79 Å². The van der Waals surface area contributed by atoms with Crippen LogP contribution in [0, 0.1) is 6.92 Å². The molecule has 0 unspecified atom stereocenters. The van der Waals surface area contributed by atoms with Gasteiger partial charge in [-0.3, -0.25) is 4.79 Å². The third-order valence-electron chi connectivity index (χ3n) is 2.06. The van der Waals surface area contributed by atoms with Gasteiger partial charge in [0.25, 0.3) is 0 Å². The average molecular weight is 194 g/mol. The second kappa shape index (κ2) is 2.89. The summed E-state index contributed by atoms with van der Waals surface area (Å²) < 4.78 is 0. The maximum Gasteiger partial charge on any atom is 0.248 e. The predicted octanol–water partition coefficient (Wildman–Crippen LogP) is 2.49. The largest absolute Gasteiger partial charge is 0.321 e. The predicted molar refractivity (Wildman–Crippen MR) is 54.3 cm³/mol. The van der Waals surface area contributed by atoms with Gasteiger partial charge in [0.15, 0.2) is 0 Å². The van der Waals surface area contributed by atoms with Crippen LogP contribution in [-0.4, -0.2) is 4.98 Å². The smallest absolute Gasteiger partial charge is 0.248 e. The van der Waals surface area contributed by atoms with Gasteiger partial charge in [-0.15, -0.1) is 0 Å². The molecule has 1 aromatic carbocycles. The van der Waals surface area contributed by atoms with E-state index in [1.165, 1.54) is 6.07 Å². The minimum absolute atomic E-state index is 0.125. The topological polar surface area (TPSA) is 32.9 Å². The van der Waals surface area contributed by atoms with E-state index < -0.39 is 0 Å². The Hall–Kier alpha value is -1.28. The highest BCUT2D eigenvalue weighted by molar-refractivity contribution is 6.35. The summed E-state index contributed by atoms with van der Waals surface area (Å²) in [6.45, 7) is 1.98. The molecule has 0 spiro atoms. The molecule has 1 heterocycles. The van der Waals surface area contributed by atoms with Crippen molar-refractivity contribution in [2.45, 2.75) is 6.92 Å². The molecule has 0 saturated heterocycles. The molecule has 0 bridgehead atoms. The van der Waals surface area contributed by atoms with E-state index in [-0.39, 0.29) is 5.56 Å². The van der Waals surface area contributed by atoms with Crippen molar-refractivity contribution in [1.82, 2.24) is 4.98 Å². The third kappa shape index (κ3) is 1.33. The van der Waals surface area contributed by atoms with E-state index >= 15 is 0 Å². The molecule has 0 aliphatic rings. The third-order valence-corrected chi connectivity index (χ3v) is 2.38. The first kappa shape index (κ1) is 8.32. The Morgan fingerprint density at radius 3 is 2.77 bits per heavy atom. The summed E-state index contributed by atoms with van der Waals surface area (Å²) >= 11 is 5.93. The number of halogens is 1. The number of aryl methyl sites for hydroxylation is 1. The van der Waals surface area contributed by atoms with Gasteiger partial charge in [0.05, 0.1) is 10.5 Å². The first-order valence-electron chi connectivity index (χ1n) is 3.96. The van der Waals surface area contributed by atoms with Gasteiger partial charge in [0.2, 0.25) is 5.56 Å². The molecule has 1 N–H and O–H groups in total. The van der Waals surface area contributed by atoms with Crippen LogP contribution in [-0.2, 0) is 0 Å². The van der Waals surface area contributed by atoms with Crippen LogP contribution in [0.5, 0.6) is 0 Å². The van der Waals surface area contributed by atoms with E-state index in [1.807, 2.05) is 13.0 Å². The van der Waals surface area contributed by atoms with Crippen LogP contribution in [0.25, 0.3) is 10.9 Å². The van der Waals surface area contributed by atoms with Crippen molar-refractivity contribution in [2.24, 2.45) is 0 Å². The summed E-state index contributed by atoms with van der Waals surface area (Å²) in [5, 5.41) is 1.57. The lowest BCUT2D eigenvalue weighted by Crippen LogP contribution is -2.03. The van der Waals surface area contributed by atoms with Crippen LogP contribution in [0.3, 0.4) is 0 Å². The first-order valence-corrected chi connectivity index (χ1v) is 4.34. The van der Waals surface area contributed by atoms with Gasteiger partial charge >= 0.3 is 0 Å². The molecule has 0 atom stereocenters. The molecule has 0 saturated carbocycles. The summed E-state index contributed by atoms with van der Waals surface area (Å²) in [7, 11) is 0. The van der Waals surface area contributed by atoms with Crippen LogP contribution >= 0.6 is 11.6 Å². The first-order chi connectivity index (χ1) is 6.18. The van der Waals surface area contributed by atoms with Gasteiger partial charge in [0.1, 0.15) is 0 Å². The Kier molecular flexibility index (Phi) is 1.85. The number of fused-ring (bicyclic) bond motifs is 1. The number of rotatable bonds is 0. The SMILES string of the molecule is Cc1ccc(Cl)c2[nH]c(=O)ccc12. The van der Waals surface area contributed by atoms with E-state index in [2.05, 4.69) is 4.98 Å². The van der Waals surface area contributed by atoms with Crippen LogP contribution < -0.4 is 5.56 Å². The van der Waals surface area contributed by atoms with E-state index in [1.54, 1.807) is 12.1 Å². The Morgan fingerprint density at radius 1 is 1.23 bits per heavy atom. The fourth-order valence-electron chi connectivity index (χ4n) is 1.36. The Bertz CT molecular complexity index is 516. The summed E-state index contributed by atoms with van der Waals surface area (Å²) in [5.41, 5.74) is 1.70. The van der Waals surface area contributed by atoms with Gasteiger partial charge in [0, 0.05) is 11.5 Å². The van der Waals surface area contributed by atoms with Crippen molar-refractivity contribution >= 4 is 22.5 Å². The second-order valence-corrected chi connectivity index (χ2v) is 3.38. The zero-order valence-electron chi connectivity index (χ0n) is 7.10. The second-order valence-electron chi connectivity index (χ2n) is 2.98. The zero-order chi connectivity index (χ0) is 9.42. The van der Waals surface area contributed by atoms with Gasteiger partial charge in [-0.25, -0.2) is 0 Å². The Balaban J connectivity index is 3.00. The number of hydrogen-bond donors (Lipinski definition) is 1. The highest BCUT2D eigenvalue weighted by Gasteiger charge is 2.01. The van der Waals surface area contributed by atoms with Crippen LogP contribution in [0.2, 0.25) is 5.02 Å². The normalized spacial score (nSPS) is 10.6. The number of H-pyrrole nitrogens is 1. The van der Waals surface area contributed by atoms with Crippen molar-refractivity contribution in [3.63, 3.8) is 0 Å². The quantitative estimate of drug-likeness (QED) is 0.685. The van der Waals surface area contributed by atoms with Gasteiger partial charge < -0.3 is 4.98 Å². The molecule has 0 fully saturated rings. The summed E-state index contributed by atoms with van der Waals surface area (Å²) in [6.07, 6.45) is 0. The highest BCUT2D eigenvalue weighted by Crippen LogP contribution is 2.22. The minimum Gasteiger partial charge on any atom is -0.321 e. The standard InChI is InChI=1S/C10H8ClNO/c1-6-2-4-8(11)10-7(6)3-5-9(13)12-10/h2-5H,1H3,(H,12,13). The molecule has 13 heavy (non-hydrogen) atoms. The molecule has 1 aromatic heterocycles. The maximum atomic E-state index is 11.0. The van der Waals surface area contributed by atoms with Crippen molar-refractivity contribution < 1.29 is 0 Å². The lowest BCUT2D eigenvalue weighted by Gasteiger charge is -2.02. The summed E-state index contributed by atoms with van der Waals surface area (Å²) in [4.78, 5) is 13.7. The Morgan fingerprint density at radius 2 is 2.00 bits per heavy atom. The number of hydrogen-bond acceptors (Lipinski definition) is 1. The van der Waals surface area contributed by atoms with Crippen LogP contribution in [0.1, 0.15) is 5.56 Å². The maximum absolute atomic E-state index is 11.0. The molecule has 2 nitrogen and oxygen atoms in total. The summed E-state index contributed by atoms with van der Waals surface area (Å²) in [5.74, 6) is 0. The van der Waals surface area contributed by atoms with Crippen molar-refractivity contribution in [1.29, 1.82) is 0 Å². The number of benzene rings is 1. The number of aromatic amines is 1. The lowest BCUT2D eigenvalue weighted by atomic mass is 10.1. The monoisotopic (exact) mass is 193 g/mol. The molecule has 0 radical (unpaired) electrons. The number of pyridine rings is 1. The lowest BCUT2D eigenvalue weighted by molar-refractivity contribution is 1.30. The van der Waals surface area contributed by atoms with Crippen molar-refractivity contribution in [2.75, 3.05) is 0 Å². The highest BCUT2D eigenvalue weighted by atomic mass is 35.5. The minimum atomic E-state index is -0.125. The molecule has 3 heteroatoms. The number of nitrogens with one attached hydrogen (secondary N) is 1. The summed E-state index contributed by atoms with van der Waals surface area (Å²) in [6, 6.07) is 7.01. The molecule has 2 aromatic rings. The fourth-order valence-corrected chi connectivity index (χ4v) is 1.57. The molecule has 2 rings (SSSR count). The van der Waals surface area contributed by atoms with E-state index in [0.29, 0.717) is 10.5 Å². The molecule has 0 aliphatic heterocycles. The molecule has 66 valence electrons. The van der Waals surface area contributed by atoms with Gasteiger partial charge in [-0.05, 0) is 24.6 Å². The van der Waals surface area contributed by atoms with Gasteiger partial charge in [-0.1, -0.05) is 17.7 Å². The van der Waals surface area contributed by atoms with E-state index in [4.69, 9.17) is 11.6 Å². The van der Waals surface area contributed by atoms with Crippen molar-refractivity contribution in [3.05, 3.63) is 45.2 Å². The molecule has 0 aliphatic carbocycles. The Labute approximate surface area is 80.2 Å². The van der Waals surface area contributed by atoms with Gasteiger partial charge in [-0.2, -0.15) is 0 Å². The average Bonchev–Trinajstić information content (AvgIpc) is 2.12. The molecular formula is C10H8ClNO. The number of aromatic nitrogens is 1. The van der Waals surface area contributed by atoms with Crippen LogP contribution in [0.15, 0.2) is 29.1 Å². The fraction of sp³-hybridized carbons (Fsp3) is 0.100.